The van der Waals surface area contributed by atoms with Gasteiger partial charge in [0.2, 0.25) is 0 Å². The van der Waals surface area contributed by atoms with Crippen molar-refractivity contribution in [3.05, 3.63) is 94.5 Å². The summed E-state index contributed by atoms with van der Waals surface area (Å²) >= 11 is 0. The molecular weight excluding hydrogens is 412 g/mol. The number of methoxy groups -OCH3 is 1. The molecule has 3 rings (SSSR count). The van der Waals surface area contributed by atoms with Gasteiger partial charge in [0.1, 0.15) is 0 Å². The highest BCUT2D eigenvalue weighted by Crippen LogP contribution is 2.21. The molecule has 0 aliphatic rings. The molecule has 0 unspecified atom stereocenters. The number of ether oxygens (including phenoxy) is 1. The van der Waals surface area contributed by atoms with Crippen LogP contribution in [-0.2, 0) is 27.9 Å². The average molecular weight is 439 g/mol. The molecule has 0 radical (unpaired) electrons. The lowest BCUT2D eigenvalue weighted by Gasteiger charge is -2.12. The average Bonchev–Trinajstić information content (AvgIpc) is 2.74. The van der Waals surface area contributed by atoms with Gasteiger partial charge in [0, 0.05) is 24.9 Å². The van der Waals surface area contributed by atoms with Gasteiger partial charge in [-0.25, -0.2) is 8.42 Å². The maximum absolute atomic E-state index is 12.8. The van der Waals surface area contributed by atoms with Gasteiger partial charge < -0.3 is 10.1 Å². The molecule has 0 aliphatic carbocycles. The van der Waals surface area contributed by atoms with Crippen LogP contribution in [0.4, 0.5) is 5.69 Å². The summed E-state index contributed by atoms with van der Waals surface area (Å²) in [5.74, 6) is -0.287. The molecule has 2 N–H and O–H groups in total. The van der Waals surface area contributed by atoms with E-state index in [4.69, 9.17) is 4.74 Å². The molecule has 1 amide bonds. The minimum atomic E-state index is -3.77. The van der Waals surface area contributed by atoms with Gasteiger partial charge in [0.15, 0.2) is 0 Å². The molecule has 0 spiro atoms. The van der Waals surface area contributed by atoms with Gasteiger partial charge in [0.25, 0.3) is 15.9 Å². The van der Waals surface area contributed by atoms with Gasteiger partial charge in [-0.3, -0.25) is 9.52 Å². The number of benzene rings is 3. The van der Waals surface area contributed by atoms with Crippen LogP contribution in [0.2, 0.25) is 0 Å². The smallest absolute Gasteiger partial charge is 0.262 e. The molecule has 0 fully saturated rings. The Morgan fingerprint density at radius 2 is 1.68 bits per heavy atom. The van der Waals surface area contributed by atoms with Crippen LogP contribution in [0.15, 0.2) is 71.6 Å². The number of anilines is 1. The molecule has 31 heavy (non-hydrogen) atoms. The second-order valence-electron chi connectivity index (χ2n) is 7.39. The SMILES string of the molecule is COCc1cccc(CNC(=O)c2cccc(NS(=O)(=O)c3cc(C)ccc3C)c2)c1. The fraction of sp³-hybridized carbons (Fsp3) is 0.208. The molecule has 0 saturated carbocycles. The summed E-state index contributed by atoms with van der Waals surface area (Å²) < 4.78 is 33.4. The highest BCUT2D eigenvalue weighted by Gasteiger charge is 2.18. The van der Waals surface area contributed by atoms with Crippen molar-refractivity contribution < 1.29 is 17.9 Å². The number of amides is 1. The number of sulfonamides is 1. The number of nitrogens with one attached hydrogen (secondary N) is 2. The van der Waals surface area contributed by atoms with E-state index >= 15 is 0 Å². The predicted molar refractivity (Wildman–Crippen MR) is 121 cm³/mol. The summed E-state index contributed by atoms with van der Waals surface area (Å²) in [6, 6.07) is 19.5. The Bertz CT molecular complexity index is 1190. The van der Waals surface area contributed by atoms with Crippen molar-refractivity contribution in [2.45, 2.75) is 31.9 Å². The van der Waals surface area contributed by atoms with Crippen LogP contribution in [0.1, 0.15) is 32.6 Å². The summed E-state index contributed by atoms with van der Waals surface area (Å²) in [5.41, 5.74) is 4.19. The van der Waals surface area contributed by atoms with Crippen molar-refractivity contribution in [2.24, 2.45) is 0 Å². The fourth-order valence-corrected chi connectivity index (χ4v) is 4.59. The van der Waals surface area contributed by atoms with Crippen LogP contribution in [0.5, 0.6) is 0 Å². The lowest BCUT2D eigenvalue weighted by molar-refractivity contribution is 0.0951. The molecule has 0 bridgehead atoms. The molecule has 0 heterocycles. The number of hydrogen-bond acceptors (Lipinski definition) is 4. The van der Waals surface area contributed by atoms with E-state index < -0.39 is 10.0 Å². The fourth-order valence-electron chi connectivity index (χ4n) is 3.21. The Morgan fingerprint density at radius 3 is 2.45 bits per heavy atom. The minimum Gasteiger partial charge on any atom is -0.380 e. The summed E-state index contributed by atoms with van der Waals surface area (Å²) in [7, 11) is -2.13. The third-order valence-electron chi connectivity index (χ3n) is 4.77. The highest BCUT2D eigenvalue weighted by molar-refractivity contribution is 7.92. The lowest BCUT2D eigenvalue weighted by atomic mass is 10.1. The Hall–Kier alpha value is -3.16. The standard InChI is InChI=1S/C24H26N2O4S/c1-17-10-11-18(2)23(12-17)31(28,29)26-22-9-5-8-21(14-22)24(27)25-15-19-6-4-7-20(13-19)16-30-3/h4-14,26H,15-16H2,1-3H3,(H,25,27). The molecule has 3 aromatic rings. The van der Waals surface area contributed by atoms with E-state index in [-0.39, 0.29) is 10.8 Å². The first kappa shape index (κ1) is 22.5. The predicted octanol–water partition coefficient (Wildman–Crippen LogP) is 4.18. The zero-order valence-electron chi connectivity index (χ0n) is 17.8. The summed E-state index contributed by atoms with van der Waals surface area (Å²) in [4.78, 5) is 12.8. The van der Waals surface area contributed by atoms with Crippen molar-refractivity contribution in [2.75, 3.05) is 11.8 Å². The molecule has 0 atom stereocenters. The molecule has 3 aromatic carbocycles. The maximum atomic E-state index is 12.8. The monoisotopic (exact) mass is 438 g/mol. The van der Waals surface area contributed by atoms with Gasteiger partial charge in [-0.2, -0.15) is 0 Å². The first-order valence-corrected chi connectivity index (χ1v) is 11.3. The van der Waals surface area contributed by atoms with Crippen molar-refractivity contribution in [3.63, 3.8) is 0 Å². The van der Waals surface area contributed by atoms with Crippen LogP contribution >= 0.6 is 0 Å². The van der Waals surface area contributed by atoms with Gasteiger partial charge in [0.05, 0.1) is 11.5 Å². The first-order chi connectivity index (χ1) is 14.8. The number of aryl methyl sites for hydroxylation is 2. The van der Waals surface area contributed by atoms with Crippen molar-refractivity contribution in [1.82, 2.24) is 5.32 Å². The van der Waals surface area contributed by atoms with Gasteiger partial charge in [-0.1, -0.05) is 42.5 Å². The quantitative estimate of drug-likeness (QED) is 0.553. The van der Waals surface area contributed by atoms with Crippen LogP contribution < -0.4 is 10.0 Å². The molecule has 0 aliphatic heterocycles. The molecule has 6 nitrogen and oxygen atoms in total. The Kier molecular flexibility index (Phi) is 7.09. The summed E-state index contributed by atoms with van der Waals surface area (Å²) in [5, 5.41) is 2.87. The number of carbonyl (C=O) groups excluding carboxylic acids is 1. The normalized spacial score (nSPS) is 11.2. The van der Waals surface area contributed by atoms with Crippen LogP contribution in [0.25, 0.3) is 0 Å². The van der Waals surface area contributed by atoms with Gasteiger partial charge in [-0.15, -0.1) is 0 Å². The van der Waals surface area contributed by atoms with E-state index in [2.05, 4.69) is 10.0 Å². The van der Waals surface area contributed by atoms with Crippen molar-refractivity contribution in [3.8, 4) is 0 Å². The third kappa shape index (κ3) is 5.93. The van der Waals surface area contributed by atoms with Crippen LogP contribution in [-0.4, -0.2) is 21.4 Å². The minimum absolute atomic E-state index is 0.221. The number of hydrogen-bond donors (Lipinski definition) is 2. The molecule has 7 heteroatoms. The van der Waals surface area contributed by atoms with Gasteiger partial charge in [-0.05, 0) is 60.4 Å². The summed E-state index contributed by atoms with van der Waals surface area (Å²) in [6.07, 6.45) is 0. The van der Waals surface area contributed by atoms with E-state index in [0.717, 1.165) is 16.7 Å². The Balaban J connectivity index is 1.71. The highest BCUT2D eigenvalue weighted by atomic mass is 32.2. The topological polar surface area (TPSA) is 84.5 Å². The van der Waals surface area contributed by atoms with Crippen LogP contribution in [0, 0.1) is 13.8 Å². The molecular formula is C24H26N2O4S. The van der Waals surface area contributed by atoms with E-state index in [1.165, 1.54) is 6.07 Å². The zero-order valence-corrected chi connectivity index (χ0v) is 18.6. The van der Waals surface area contributed by atoms with Crippen molar-refractivity contribution >= 4 is 21.6 Å². The third-order valence-corrected chi connectivity index (χ3v) is 6.29. The Morgan fingerprint density at radius 1 is 0.935 bits per heavy atom. The molecule has 0 aromatic heterocycles. The van der Waals surface area contributed by atoms with E-state index in [0.29, 0.717) is 30.0 Å². The second-order valence-corrected chi connectivity index (χ2v) is 9.04. The number of rotatable bonds is 8. The van der Waals surface area contributed by atoms with Crippen molar-refractivity contribution in [1.29, 1.82) is 0 Å². The second kappa shape index (κ2) is 9.76. The zero-order chi connectivity index (χ0) is 22.4. The van der Waals surface area contributed by atoms with Gasteiger partial charge >= 0.3 is 0 Å². The number of carbonyl (C=O) groups is 1. The maximum Gasteiger partial charge on any atom is 0.262 e. The lowest BCUT2D eigenvalue weighted by Crippen LogP contribution is -2.23. The Labute approximate surface area is 183 Å². The molecule has 0 saturated heterocycles. The molecule has 162 valence electrons. The van der Waals surface area contributed by atoms with E-state index in [1.54, 1.807) is 44.4 Å². The van der Waals surface area contributed by atoms with E-state index in [9.17, 15) is 13.2 Å². The van der Waals surface area contributed by atoms with E-state index in [1.807, 2.05) is 37.3 Å². The first-order valence-electron chi connectivity index (χ1n) is 9.83. The largest absolute Gasteiger partial charge is 0.380 e. The summed E-state index contributed by atoms with van der Waals surface area (Å²) in [6.45, 7) is 4.45. The van der Waals surface area contributed by atoms with Crippen LogP contribution in [0.3, 0.4) is 0 Å².